The summed E-state index contributed by atoms with van der Waals surface area (Å²) in [7, 11) is -2.97. The molecule has 4 heteroatoms. The van der Waals surface area contributed by atoms with Crippen LogP contribution in [0.5, 0.6) is 0 Å². The normalized spacial score (nSPS) is 24.1. The summed E-state index contributed by atoms with van der Waals surface area (Å²) in [6.07, 6.45) is 1.56. The van der Waals surface area contributed by atoms with E-state index in [1.54, 1.807) is 13.8 Å². The number of hydrogen-bond acceptors (Lipinski definition) is 3. The lowest BCUT2D eigenvalue weighted by molar-refractivity contribution is 0.188. The molecular formula is C10H20O3S. The summed E-state index contributed by atoms with van der Waals surface area (Å²) in [6.45, 7) is 6.85. The van der Waals surface area contributed by atoms with Crippen molar-refractivity contribution in [1.29, 1.82) is 0 Å². The van der Waals surface area contributed by atoms with Crippen LogP contribution < -0.4 is 0 Å². The fraction of sp³-hybridized carbons (Fsp3) is 1.00. The van der Waals surface area contributed by atoms with Crippen molar-refractivity contribution in [3.8, 4) is 0 Å². The lowest BCUT2D eigenvalue weighted by Gasteiger charge is -2.24. The molecule has 1 atom stereocenters. The van der Waals surface area contributed by atoms with E-state index in [0.717, 1.165) is 6.42 Å². The molecule has 3 nitrogen and oxygen atoms in total. The maximum absolute atomic E-state index is 12.0. The first kappa shape index (κ1) is 12.0. The predicted molar refractivity (Wildman–Crippen MR) is 57.1 cm³/mol. The Morgan fingerprint density at radius 1 is 1.43 bits per heavy atom. The number of rotatable bonds is 4. The fourth-order valence-corrected chi connectivity index (χ4v) is 3.25. The second kappa shape index (κ2) is 4.19. The average molecular weight is 220 g/mol. The fourth-order valence-electron chi connectivity index (χ4n) is 1.47. The molecule has 0 N–H and O–H groups in total. The van der Waals surface area contributed by atoms with Gasteiger partial charge in [-0.25, -0.2) is 8.42 Å². The van der Waals surface area contributed by atoms with Crippen molar-refractivity contribution in [2.45, 2.75) is 38.4 Å². The Morgan fingerprint density at radius 2 is 2.07 bits per heavy atom. The quantitative estimate of drug-likeness (QED) is 0.723. The van der Waals surface area contributed by atoms with E-state index in [0.29, 0.717) is 19.6 Å². The SMILES string of the molecule is CCC(C)(C)S(=O)(=O)C[C@H]1CCOC1. The Morgan fingerprint density at radius 3 is 2.50 bits per heavy atom. The lowest BCUT2D eigenvalue weighted by atomic mass is 10.1. The zero-order valence-electron chi connectivity index (χ0n) is 9.25. The van der Waals surface area contributed by atoms with Crippen LogP contribution in [0.15, 0.2) is 0 Å². The largest absolute Gasteiger partial charge is 0.381 e. The van der Waals surface area contributed by atoms with Crippen molar-refractivity contribution in [2.75, 3.05) is 19.0 Å². The third kappa shape index (κ3) is 2.48. The summed E-state index contributed by atoms with van der Waals surface area (Å²) in [5, 5.41) is 0. The standard InChI is InChI=1S/C10H20O3S/c1-4-10(2,3)14(11,12)8-9-5-6-13-7-9/h9H,4-8H2,1-3H3/t9-/m0/s1. The summed E-state index contributed by atoms with van der Waals surface area (Å²) < 4.78 is 28.6. The molecule has 0 radical (unpaired) electrons. The molecule has 1 aliphatic heterocycles. The molecule has 0 aliphatic carbocycles. The maximum atomic E-state index is 12.0. The van der Waals surface area contributed by atoms with Crippen LogP contribution in [0.4, 0.5) is 0 Å². The first-order valence-corrected chi connectivity index (χ1v) is 6.84. The van der Waals surface area contributed by atoms with Crippen molar-refractivity contribution in [3.05, 3.63) is 0 Å². The second-order valence-electron chi connectivity index (χ2n) is 4.62. The lowest BCUT2D eigenvalue weighted by Crippen LogP contribution is -2.35. The molecule has 0 aromatic heterocycles. The van der Waals surface area contributed by atoms with Crippen LogP contribution in [0.3, 0.4) is 0 Å². The van der Waals surface area contributed by atoms with E-state index in [1.807, 2.05) is 6.92 Å². The van der Waals surface area contributed by atoms with E-state index in [2.05, 4.69) is 0 Å². The van der Waals surface area contributed by atoms with Gasteiger partial charge in [-0.2, -0.15) is 0 Å². The van der Waals surface area contributed by atoms with E-state index in [9.17, 15) is 8.42 Å². The van der Waals surface area contributed by atoms with E-state index in [-0.39, 0.29) is 11.7 Å². The van der Waals surface area contributed by atoms with Gasteiger partial charge in [0, 0.05) is 6.61 Å². The van der Waals surface area contributed by atoms with Crippen LogP contribution in [-0.4, -0.2) is 32.1 Å². The molecule has 14 heavy (non-hydrogen) atoms. The summed E-state index contributed by atoms with van der Waals surface area (Å²) >= 11 is 0. The Labute approximate surface area is 86.8 Å². The van der Waals surface area contributed by atoms with Gasteiger partial charge in [-0.1, -0.05) is 6.92 Å². The third-order valence-electron chi connectivity index (χ3n) is 3.17. The highest BCUT2D eigenvalue weighted by atomic mass is 32.2. The van der Waals surface area contributed by atoms with E-state index >= 15 is 0 Å². The first-order valence-electron chi connectivity index (χ1n) is 5.19. The van der Waals surface area contributed by atoms with Crippen LogP contribution in [0, 0.1) is 5.92 Å². The van der Waals surface area contributed by atoms with Gasteiger partial charge in [0.25, 0.3) is 0 Å². The zero-order chi connectivity index (χ0) is 10.8. The minimum atomic E-state index is -2.97. The molecule has 1 fully saturated rings. The van der Waals surface area contributed by atoms with Crippen LogP contribution in [0.2, 0.25) is 0 Å². The molecule has 1 heterocycles. The highest BCUT2D eigenvalue weighted by Gasteiger charge is 2.35. The van der Waals surface area contributed by atoms with Gasteiger partial charge in [-0.05, 0) is 32.6 Å². The van der Waals surface area contributed by atoms with Crippen LogP contribution in [0.1, 0.15) is 33.6 Å². The predicted octanol–water partition coefficient (Wildman–Crippen LogP) is 1.63. The van der Waals surface area contributed by atoms with Crippen molar-refractivity contribution in [1.82, 2.24) is 0 Å². The Kier molecular flexibility index (Phi) is 3.58. The molecule has 1 rings (SSSR count). The number of hydrogen-bond donors (Lipinski definition) is 0. The minimum Gasteiger partial charge on any atom is -0.381 e. The third-order valence-corrected chi connectivity index (χ3v) is 6.06. The van der Waals surface area contributed by atoms with Gasteiger partial charge in [0.2, 0.25) is 0 Å². The summed E-state index contributed by atoms with van der Waals surface area (Å²) in [5.74, 6) is 0.499. The molecule has 0 unspecified atom stereocenters. The van der Waals surface area contributed by atoms with Crippen LogP contribution in [-0.2, 0) is 14.6 Å². The van der Waals surface area contributed by atoms with Gasteiger partial charge >= 0.3 is 0 Å². The monoisotopic (exact) mass is 220 g/mol. The highest BCUT2D eigenvalue weighted by molar-refractivity contribution is 7.92. The summed E-state index contributed by atoms with van der Waals surface area (Å²) in [6, 6.07) is 0. The van der Waals surface area contributed by atoms with E-state index in [4.69, 9.17) is 4.74 Å². The Hall–Kier alpha value is -0.0900. The Balaban J connectivity index is 2.66. The van der Waals surface area contributed by atoms with Crippen molar-refractivity contribution in [2.24, 2.45) is 5.92 Å². The number of sulfone groups is 1. The summed E-state index contributed by atoms with van der Waals surface area (Å²) in [4.78, 5) is 0. The summed E-state index contributed by atoms with van der Waals surface area (Å²) in [5.41, 5.74) is 0. The van der Waals surface area contributed by atoms with Gasteiger partial charge in [-0.15, -0.1) is 0 Å². The highest BCUT2D eigenvalue weighted by Crippen LogP contribution is 2.25. The molecule has 0 aromatic carbocycles. The average Bonchev–Trinajstić information content (AvgIpc) is 2.55. The van der Waals surface area contributed by atoms with Gasteiger partial charge < -0.3 is 4.74 Å². The van der Waals surface area contributed by atoms with Gasteiger partial charge in [0.05, 0.1) is 17.1 Å². The van der Waals surface area contributed by atoms with Crippen LogP contribution >= 0.6 is 0 Å². The molecule has 0 spiro atoms. The second-order valence-corrected chi connectivity index (χ2v) is 7.29. The molecule has 0 amide bonds. The smallest absolute Gasteiger partial charge is 0.155 e. The minimum absolute atomic E-state index is 0.214. The van der Waals surface area contributed by atoms with Gasteiger partial charge in [0.1, 0.15) is 0 Å². The van der Waals surface area contributed by atoms with Crippen molar-refractivity contribution in [3.63, 3.8) is 0 Å². The van der Waals surface area contributed by atoms with Crippen molar-refractivity contribution >= 4 is 9.84 Å². The molecule has 84 valence electrons. The van der Waals surface area contributed by atoms with Crippen LogP contribution in [0.25, 0.3) is 0 Å². The van der Waals surface area contributed by atoms with Crippen molar-refractivity contribution < 1.29 is 13.2 Å². The van der Waals surface area contributed by atoms with E-state index < -0.39 is 14.6 Å². The number of ether oxygens (including phenoxy) is 1. The molecule has 1 saturated heterocycles. The molecule has 0 bridgehead atoms. The molecule has 1 aliphatic rings. The maximum Gasteiger partial charge on any atom is 0.155 e. The molecule has 0 saturated carbocycles. The topological polar surface area (TPSA) is 43.4 Å². The van der Waals surface area contributed by atoms with Gasteiger partial charge in [-0.3, -0.25) is 0 Å². The van der Waals surface area contributed by atoms with E-state index in [1.165, 1.54) is 0 Å². The van der Waals surface area contributed by atoms with Gasteiger partial charge in [0.15, 0.2) is 9.84 Å². The Bertz CT molecular complexity index is 274. The first-order chi connectivity index (χ1) is 6.39. The molecular weight excluding hydrogens is 200 g/mol. The molecule has 0 aromatic rings. The zero-order valence-corrected chi connectivity index (χ0v) is 10.1.